The first-order valence-electron chi connectivity index (χ1n) is 15.0. The lowest BCUT2D eigenvalue weighted by atomic mass is 9.94. The van der Waals surface area contributed by atoms with Gasteiger partial charge in [-0.05, 0) is 60.5 Å². The van der Waals surface area contributed by atoms with Crippen molar-refractivity contribution < 1.29 is 31.1 Å². The molecule has 2 heterocycles. The maximum Gasteiger partial charge on any atom is 0.416 e. The molecule has 1 atom stereocenters. The van der Waals surface area contributed by atoms with Crippen molar-refractivity contribution in [2.45, 2.75) is 31.1 Å². The minimum absolute atomic E-state index is 0.00155. The fourth-order valence-electron chi connectivity index (χ4n) is 5.79. The number of H-pyrrole nitrogens is 1. The van der Waals surface area contributed by atoms with Gasteiger partial charge < -0.3 is 9.80 Å². The van der Waals surface area contributed by atoms with Crippen molar-refractivity contribution in [3.63, 3.8) is 0 Å². The van der Waals surface area contributed by atoms with Gasteiger partial charge in [-0.2, -0.15) is 31.6 Å². The summed E-state index contributed by atoms with van der Waals surface area (Å²) in [6.07, 6.45) is -9.08. The van der Waals surface area contributed by atoms with E-state index in [9.17, 15) is 31.1 Å². The van der Waals surface area contributed by atoms with Gasteiger partial charge in [0.15, 0.2) is 5.82 Å². The molecule has 1 saturated heterocycles. The topological polar surface area (TPSA) is 81.2 Å². The third-order valence-electron chi connectivity index (χ3n) is 8.33. The fraction of sp³-hybridized carbons (Fsp3) is 0.375. The van der Waals surface area contributed by atoms with E-state index in [1.165, 1.54) is 7.05 Å². The molecule has 0 radical (unpaired) electrons. The zero-order valence-corrected chi connectivity index (χ0v) is 27.1. The molecule has 16 heteroatoms. The number of halogens is 8. The van der Waals surface area contributed by atoms with Crippen LogP contribution in [0.2, 0.25) is 10.0 Å². The van der Waals surface area contributed by atoms with E-state index in [4.69, 9.17) is 23.2 Å². The summed E-state index contributed by atoms with van der Waals surface area (Å²) in [5.41, 5.74) is -0.915. The number of carbonyl (C=O) groups is 1. The maximum absolute atomic E-state index is 13.5. The van der Waals surface area contributed by atoms with Crippen LogP contribution < -0.4 is 4.90 Å². The summed E-state index contributed by atoms with van der Waals surface area (Å²) in [6, 6.07) is 13.9. The Morgan fingerprint density at radius 3 is 2.19 bits per heavy atom. The number of nitrogens with zero attached hydrogens (tertiary/aromatic N) is 6. The number of hydrogen-bond acceptors (Lipinski definition) is 6. The van der Waals surface area contributed by atoms with Gasteiger partial charge in [0.1, 0.15) is 0 Å². The lowest BCUT2D eigenvalue weighted by Gasteiger charge is -2.37. The third-order valence-corrected chi connectivity index (χ3v) is 9.07. The van der Waals surface area contributed by atoms with E-state index in [0.717, 1.165) is 47.9 Å². The van der Waals surface area contributed by atoms with E-state index in [0.29, 0.717) is 42.4 Å². The molecule has 0 aliphatic carbocycles. The van der Waals surface area contributed by atoms with Gasteiger partial charge in [0, 0.05) is 63.4 Å². The summed E-state index contributed by atoms with van der Waals surface area (Å²) < 4.78 is 80.8. The number of para-hydroxylation sites is 1. The lowest BCUT2D eigenvalue weighted by Crippen LogP contribution is -2.47. The van der Waals surface area contributed by atoms with Crippen LogP contribution in [-0.4, -0.2) is 82.6 Å². The van der Waals surface area contributed by atoms with Gasteiger partial charge in [0.25, 0.3) is 5.91 Å². The molecule has 1 aliphatic heterocycles. The van der Waals surface area contributed by atoms with Crippen LogP contribution in [0.15, 0.2) is 60.7 Å². The van der Waals surface area contributed by atoms with Gasteiger partial charge in [0.2, 0.25) is 0 Å². The molecule has 4 aromatic rings. The second-order valence-electron chi connectivity index (χ2n) is 11.6. The highest BCUT2D eigenvalue weighted by Crippen LogP contribution is 2.37. The highest BCUT2D eigenvalue weighted by atomic mass is 35.5. The van der Waals surface area contributed by atoms with E-state index >= 15 is 0 Å². The molecule has 0 bridgehead atoms. The zero-order chi connectivity index (χ0) is 34.6. The molecule has 1 N–H and O–H groups in total. The average Bonchev–Trinajstić information content (AvgIpc) is 3.56. The second kappa shape index (κ2) is 14.7. The van der Waals surface area contributed by atoms with E-state index in [2.05, 4.69) is 36.5 Å². The van der Waals surface area contributed by atoms with E-state index in [-0.39, 0.29) is 23.6 Å². The van der Waals surface area contributed by atoms with Crippen LogP contribution in [-0.2, 0) is 18.8 Å². The van der Waals surface area contributed by atoms with Gasteiger partial charge in [-0.1, -0.05) is 52.7 Å². The minimum atomic E-state index is -5.07. The number of alkyl halides is 6. The van der Waals surface area contributed by atoms with E-state index in [1.54, 1.807) is 18.2 Å². The molecular weight excluding hydrogens is 683 g/mol. The molecule has 1 amide bonds. The number of anilines is 1. The molecular formula is C32H31Cl2F6N7O. The Bertz CT molecular complexity index is 1680. The van der Waals surface area contributed by atoms with Crippen molar-refractivity contribution in [1.29, 1.82) is 0 Å². The van der Waals surface area contributed by atoms with Crippen molar-refractivity contribution in [3.05, 3.63) is 104 Å². The molecule has 0 spiro atoms. The molecule has 5 rings (SSSR count). The zero-order valence-electron chi connectivity index (χ0n) is 25.6. The number of benzene rings is 3. The van der Waals surface area contributed by atoms with E-state index < -0.39 is 35.0 Å². The molecule has 1 aromatic heterocycles. The first-order valence-corrected chi connectivity index (χ1v) is 15.7. The van der Waals surface area contributed by atoms with Crippen LogP contribution in [0.4, 0.5) is 32.0 Å². The summed E-state index contributed by atoms with van der Waals surface area (Å²) in [5, 5.41) is 14.8. The van der Waals surface area contributed by atoms with Crippen molar-refractivity contribution in [2.24, 2.45) is 0 Å². The SMILES string of the molecule is CN(C[C@@H](CCN1CCN(c2ccccc2Cc2nn[nH]n2)CC1)c1ccc(Cl)c(Cl)c1)C(=O)c1cc(C(F)(F)F)cc(C(F)(F)F)c1. The molecule has 0 saturated carbocycles. The molecule has 0 unspecified atom stereocenters. The Kier molecular flexibility index (Phi) is 10.9. The van der Waals surface area contributed by atoms with Crippen molar-refractivity contribution in [3.8, 4) is 0 Å². The first kappa shape index (κ1) is 35.4. The summed E-state index contributed by atoms with van der Waals surface area (Å²) in [7, 11) is 1.35. The molecule has 1 aliphatic rings. The number of aromatic nitrogens is 4. The summed E-state index contributed by atoms with van der Waals surface area (Å²) >= 11 is 12.4. The quantitative estimate of drug-likeness (QED) is 0.175. The maximum atomic E-state index is 13.5. The number of nitrogens with one attached hydrogen (secondary N) is 1. The van der Waals surface area contributed by atoms with Gasteiger partial charge in [-0.15, -0.1) is 10.2 Å². The van der Waals surface area contributed by atoms with Crippen LogP contribution in [0.25, 0.3) is 0 Å². The Morgan fingerprint density at radius 2 is 1.58 bits per heavy atom. The predicted molar refractivity (Wildman–Crippen MR) is 169 cm³/mol. The number of amides is 1. The van der Waals surface area contributed by atoms with Crippen molar-refractivity contribution in [2.75, 3.05) is 51.2 Å². The summed E-state index contributed by atoms with van der Waals surface area (Å²) in [4.78, 5) is 19.0. The fourth-order valence-corrected chi connectivity index (χ4v) is 6.10. The van der Waals surface area contributed by atoms with Gasteiger partial charge in [0.05, 0.1) is 21.2 Å². The Morgan fingerprint density at radius 1 is 0.917 bits per heavy atom. The van der Waals surface area contributed by atoms with Crippen molar-refractivity contribution in [1.82, 2.24) is 30.4 Å². The Balaban J connectivity index is 1.28. The predicted octanol–water partition coefficient (Wildman–Crippen LogP) is 7.20. The summed E-state index contributed by atoms with van der Waals surface area (Å²) in [5.74, 6) is -0.730. The number of aromatic amines is 1. The molecule has 8 nitrogen and oxygen atoms in total. The Labute approximate surface area is 282 Å². The van der Waals surface area contributed by atoms with Crippen LogP contribution in [0.5, 0.6) is 0 Å². The number of piperazine rings is 1. The largest absolute Gasteiger partial charge is 0.416 e. The highest BCUT2D eigenvalue weighted by molar-refractivity contribution is 6.42. The first-order chi connectivity index (χ1) is 22.7. The number of hydrogen-bond donors (Lipinski definition) is 1. The standard InChI is InChI=1S/C32H31Cl2F6N7O/c1-45(30(48)23-14-24(31(35,36)37)18-25(15-23)32(38,39)40)19-22(20-6-7-26(33)27(34)16-20)8-9-46-10-12-47(13-11-46)28-5-3-2-4-21(28)17-29-41-43-44-42-29/h2-7,14-16,18,22H,8-13,17,19H2,1H3,(H,41,42,43,44)/t22-/m1/s1. The normalized spacial score (nSPS) is 15.1. The number of carbonyl (C=O) groups excluding carboxylic acids is 1. The van der Waals surface area contributed by atoms with E-state index in [1.807, 2.05) is 18.2 Å². The van der Waals surface area contributed by atoms with Crippen LogP contribution in [0.1, 0.15) is 50.8 Å². The lowest BCUT2D eigenvalue weighted by molar-refractivity contribution is -0.143. The van der Waals surface area contributed by atoms with Crippen LogP contribution >= 0.6 is 23.2 Å². The van der Waals surface area contributed by atoms with Crippen LogP contribution in [0, 0.1) is 0 Å². The Hall–Kier alpha value is -3.88. The summed E-state index contributed by atoms with van der Waals surface area (Å²) in [6.45, 7) is 3.60. The number of likely N-dealkylation sites (N-methyl/N-ethyl adjacent to an activating group) is 1. The monoisotopic (exact) mass is 713 g/mol. The molecule has 48 heavy (non-hydrogen) atoms. The molecule has 256 valence electrons. The van der Waals surface area contributed by atoms with Crippen molar-refractivity contribution >= 4 is 34.8 Å². The average molecular weight is 715 g/mol. The number of rotatable bonds is 10. The molecule has 1 fully saturated rings. The number of tetrazole rings is 1. The molecule has 3 aromatic carbocycles. The van der Waals surface area contributed by atoms with Gasteiger partial charge in [-0.25, -0.2) is 0 Å². The minimum Gasteiger partial charge on any atom is -0.369 e. The van der Waals surface area contributed by atoms with Gasteiger partial charge in [-0.3, -0.25) is 9.69 Å². The smallest absolute Gasteiger partial charge is 0.369 e. The van der Waals surface area contributed by atoms with Gasteiger partial charge >= 0.3 is 12.4 Å². The van der Waals surface area contributed by atoms with Crippen LogP contribution in [0.3, 0.4) is 0 Å². The third kappa shape index (κ3) is 8.77. The second-order valence-corrected chi connectivity index (χ2v) is 12.4. The highest BCUT2D eigenvalue weighted by Gasteiger charge is 2.38.